The Bertz CT molecular complexity index is 573. The van der Waals surface area contributed by atoms with Crippen LogP contribution in [-0.2, 0) is 4.79 Å². The van der Waals surface area contributed by atoms with Gasteiger partial charge in [-0.1, -0.05) is 46.0 Å². The van der Waals surface area contributed by atoms with Crippen molar-refractivity contribution in [2.75, 3.05) is 11.9 Å². The van der Waals surface area contributed by atoms with E-state index in [1.54, 1.807) is 24.3 Å². The lowest BCUT2D eigenvalue weighted by molar-refractivity contribution is -0.119. The first-order chi connectivity index (χ1) is 12.6. The average molecular weight is 378 g/mol. The summed E-state index contributed by atoms with van der Waals surface area (Å²) in [6.45, 7) is 4.94. The van der Waals surface area contributed by atoms with Crippen molar-refractivity contribution in [3.8, 4) is 0 Å². The fourth-order valence-corrected chi connectivity index (χ4v) is 2.66. The predicted molar refractivity (Wildman–Crippen MR) is 111 cm³/mol. The molecule has 0 spiro atoms. The van der Waals surface area contributed by atoms with Gasteiger partial charge < -0.3 is 16.0 Å². The Morgan fingerprint density at radius 1 is 0.923 bits per heavy atom. The minimum absolute atomic E-state index is 0.0640. The van der Waals surface area contributed by atoms with E-state index in [4.69, 9.17) is 12.2 Å². The Hall–Kier alpha value is -1.95. The molecule has 0 aliphatic rings. The molecule has 0 heterocycles. The number of rotatable bonds is 11. The van der Waals surface area contributed by atoms with E-state index < -0.39 is 0 Å². The van der Waals surface area contributed by atoms with Crippen molar-refractivity contribution >= 4 is 34.8 Å². The molecule has 0 aliphatic carbocycles. The molecule has 1 aromatic carbocycles. The normalized spacial score (nSPS) is 10.2. The highest BCUT2D eigenvalue weighted by Crippen LogP contribution is 2.10. The van der Waals surface area contributed by atoms with Crippen LogP contribution < -0.4 is 16.0 Å². The van der Waals surface area contributed by atoms with E-state index in [-0.39, 0.29) is 16.9 Å². The second kappa shape index (κ2) is 13.3. The summed E-state index contributed by atoms with van der Waals surface area (Å²) in [4.78, 5) is 23.8. The van der Waals surface area contributed by atoms with Gasteiger partial charge in [0.1, 0.15) is 0 Å². The number of hydrogen-bond donors (Lipinski definition) is 3. The summed E-state index contributed by atoms with van der Waals surface area (Å²) in [5.41, 5.74) is 1.34. The number of hydrogen-bond acceptors (Lipinski definition) is 3. The van der Waals surface area contributed by atoms with Gasteiger partial charge in [0.05, 0.1) is 0 Å². The average Bonchev–Trinajstić information content (AvgIpc) is 2.62. The summed E-state index contributed by atoms with van der Waals surface area (Å²) in [6.07, 6.45) is 8.05. The van der Waals surface area contributed by atoms with Crippen molar-refractivity contribution in [3.05, 3.63) is 29.8 Å². The molecule has 0 atom stereocenters. The monoisotopic (exact) mass is 377 g/mol. The summed E-state index contributed by atoms with van der Waals surface area (Å²) in [7, 11) is 0. The number of carbonyl (C=O) groups is 2. The van der Waals surface area contributed by atoms with Crippen molar-refractivity contribution in [1.82, 2.24) is 10.6 Å². The van der Waals surface area contributed by atoms with E-state index in [0.717, 1.165) is 31.4 Å². The SMILES string of the molecule is CCCCCCCC(=O)NC(=S)Nc1ccc(C(=O)NCCCC)cc1. The first kappa shape index (κ1) is 22.1. The minimum atomic E-state index is -0.0797. The molecule has 0 aromatic heterocycles. The number of amides is 2. The van der Waals surface area contributed by atoms with Gasteiger partial charge in [-0.05, 0) is 49.3 Å². The largest absolute Gasteiger partial charge is 0.352 e. The summed E-state index contributed by atoms with van der Waals surface area (Å²) >= 11 is 5.17. The summed E-state index contributed by atoms with van der Waals surface area (Å²) < 4.78 is 0. The third kappa shape index (κ3) is 9.51. The summed E-state index contributed by atoms with van der Waals surface area (Å²) in [5, 5.41) is 8.82. The van der Waals surface area contributed by atoms with Crippen LogP contribution in [0, 0.1) is 0 Å². The quantitative estimate of drug-likeness (QED) is 0.395. The van der Waals surface area contributed by atoms with Gasteiger partial charge in [0.2, 0.25) is 5.91 Å². The van der Waals surface area contributed by atoms with Crippen LogP contribution in [0.3, 0.4) is 0 Å². The van der Waals surface area contributed by atoms with E-state index in [0.29, 0.717) is 18.5 Å². The highest BCUT2D eigenvalue weighted by atomic mass is 32.1. The molecule has 0 fully saturated rings. The molecule has 26 heavy (non-hydrogen) atoms. The molecule has 1 rings (SSSR count). The molecule has 0 unspecified atom stereocenters. The van der Waals surface area contributed by atoms with Gasteiger partial charge in [0, 0.05) is 24.2 Å². The number of nitrogens with one attached hydrogen (secondary N) is 3. The molecule has 0 bridgehead atoms. The first-order valence-electron chi connectivity index (χ1n) is 9.56. The van der Waals surface area contributed by atoms with Gasteiger partial charge in [0.25, 0.3) is 5.91 Å². The van der Waals surface area contributed by atoms with E-state index in [2.05, 4.69) is 29.8 Å². The third-order valence-electron chi connectivity index (χ3n) is 3.98. The standard InChI is InChI=1S/C20H31N3O2S/c1-3-5-7-8-9-10-18(24)23-20(26)22-17-13-11-16(12-14-17)19(25)21-15-6-4-2/h11-14H,3-10,15H2,1-2H3,(H,21,25)(H2,22,23,24,26). The van der Waals surface area contributed by atoms with Gasteiger partial charge in [-0.25, -0.2) is 0 Å². The smallest absolute Gasteiger partial charge is 0.251 e. The molecule has 0 aliphatic heterocycles. The Morgan fingerprint density at radius 3 is 2.23 bits per heavy atom. The minimum Gasteiger partial charge on any atom is -0.352 e. The second-order valence-corrected chi connectivity index (χ2v) is 6.76. The van der Waals surface area contributed by atoms with Crippen molar-refractivity contribution < 1.29 is 9.59 Å². The van der Waals surface area contributed by atoms with Gasteiger partial charge in [0.15, 0.2) is 5.11 Å². The third-order valence-corrected chi connectivity index (χ3v) is 4.19. The van der Waals surface area contributed by atoms with Crippen LogP contribution in [0.2, 0.25) is 0 Å². The van der Waals surface area contributed by atoms with Crippen molar-refractivity contribution in [2.45, 2.75) is 65.2 Å². The molecule has 0 saturated carbocycles. The molecular formula is C20H31N3O2S. The maximum absolute atomic E-state index is 12.0. The van der Waals surface area contributed by atoms with Crippen LogP contribution in [0.25, 0.3) is 0 Å². The van der Waals surface area contributed by atoms with E-state index in [1.807, 2.05) is 0 Å². The summed E-state index contributed by atoms with van der Waals surface area (Å²) in [5.74, 6) is -0.144. The molecule has 3 N–H and O–H groups in total. The molecule has 0 saturated heterocycles. The second-order valence-electron chi connectivity index (χ2n) is 6.35. The zero-order valence-corrected chi connectivity index (χ0v) is 16.7. The number of benzene rings is 1. The fraction of sp³-hybridized carbons (Fsp3) is 0.550. The van der Waals surface area contributed by atoms with Gasteiger partial charge in [-0.3, -0.25) is 9.59 Å². The zero-order chi connectivity index (χ0) is 19.2. The molecule has 0 radical (unpaired) electrons. The van der Waals surface area contributed by atoms with Gasteiger partial charge >= 0.3 is 0 Å². The number of thiocarbonyl (C=S) groups is 1. The van der Waals surface area contributed by atoms with E-state index in [1.165, 1.54) is 19.3 Å². The molecule has 2 amide bonds. The molecule has 5 nitrogen and oxygen atoms in total. The number of anilines is 1. The van der Waals surface area contributed by atoms with Crippen LogP contribution in [-0.4, -0.2) is 23.5 Å². The lowest BCUT2D eigenvalue weighted by Gasteiger charge is -2.10. The molecule has 144 valence electrons. The van der Waals surface area contributed by atoms with Crippen LogP contribution in [0.5, 0.6) is 0 Å². The Labute approximate surface area is 162 Å². The summed E-state index contributed by atoms with van der Waals surface area (Å²) in [6, 6.07) is 7.03. The molecule has 6 heteroatoms. The van der Waals surface area contributed by atoms with Crippen molar-refractivity contribution in [3.63, 3.8) is 0 Å². The Morgan fingerprint density at radius 2 is 1.58 bits per heavy atom. The van der Waals surface area contributed by atoms with Crippen LogP contribution in [0.15, 0.2) is 24.3 Å². The van der Waals surface area contributed by atoms with Crippen molar-refractivity contribution in [1.29, 1.82) is 0 Å². The van der Waals surface area contributed by atoms with Crippen LogP contribution in [0.1, 0.15) is 75.6 Å². The maximum atomic E-state index is 12.0. The highest BCUT2D eigenvalue weighted by molar-refractivity contribution is 7.80. The maximum Gasteiger partial charge on any atom is 0.251 e. The van der Waals surface area contributed by atoms with Crippen molar-refractivity contribution in [2.24, 2.45) is 0 Å². The van der Waals surface area contributed by atoms with Crippen LogP contribution in [0.4, 0.5) is 5.69 Å². The molecular weight excluding hydrogens is 346 g/mol. The number of unbranched alkanes of at least 4 members (excludes halogenated alkanes) is 5. The fourth-order valence-electron chi connectivity index (χ4n) is 2.43. The first-order valence-corrected chi connectivity index (χ1v) is 9.96. The van der Waals surface area contributed by atoms with E-state index in [9.17, 15) is 9.59 Å². The topological polar surface area (TPSA) is 70.2 Å². The highest BCUT2D eigenvalue weighted by Gasteiger charge is 2.07. The van der Waals surface area contributed by atoms with Gasteiger partial charge in [-0.2, -0.15) is 0 Å². The zero-order valence-electron chi connectivity index (χ0n) is 15.9. The number of carbonyl (C=O) groups excluding carboxylic acids is 2. The van der Waals surface area contributed by atoms with Crippen LogP contribution >= 0.6 is 12.2 Å². The van der Waals surface area contributed by atoms with Gasteiger partial charge in [-0.15, -0.1) is 0 Å². The van der Waals surface area contributed by atoms with E-state index >= 15 is 0 Å². The Balaban J connectivity index is 2.33. The Kier molecular flexibility index (Phi) is 11.3. The lowest BCUT2D eigenvalue weighted by Crippen LogP contribution is -2.33. The molecule has 1 aromatic rings. The lowest BCUT2D eigenvalue weighted by atomic mass is 10.1. The predicted octanol–water partition coefficient (Wildman–Crippen LogP) is 4.39.